The molecule has 6 heteroatoms. The third-order valence-corrected chi connectivity index (χ3v) is 5.92. The Morgan fingerprint density at radius 1 is 1.27 bits per heavy atom. The predicted octanol–water partition coefficient (Wildman–Crippen LogP) is 2.20. The molecule has 2 amide bonds. The Hall–Kier alpha value is -1.66. The van der Waals surface area contributed by atoms with E-state index < -0.39 is 5.60 Å². The van der Waals surface area contributed by atoms with Crippen LogP contribution in [0.25, 0.3) is 0 Å². The fourth-order valence-corrected chi connectivity index (χ4v) is 4.17. The van der Waals surface area contributed by atoms with Gasteiger partial charge < -0.3 is 15.3 Å². The molecule has 2 fully saturated rings. The highest BCUT2D eigenvalue weighted by Gasteiger charge is 2.36. The number of aliphatic hydroxyl groups is 1. The fourth-order valence-electron chi connectivity index (χ4n) is 4.17. The van der Waals surface area contributed by atoms with Crippen molar-refractivity contribution in [2.75, 3.05) is 32.7 Å². The van der Waals surface area contributed by atoms with Crippen LogP contribution in [0.5, 0.6) is 0 Å². The fraction of sp³-hybridized carbons (Fsp3) is 0.700. The van der Waals surface area contributed by atoms with Gasteiger partial charge in [0.15, 0.2) is 0 Å². The molecule has 0 spiro atoms. The maximum atomic E-state index is 12.6. The summed E-state index contributed by atoms with van der Waals surface area (Å²) in [6.45, 7) is 8.55. The van der Waals surface area contributed by atoms with Crippen LogP contribution < -0.4 is 5.32 Å². The van der Waals surface area contributed by atoms with Crippen LogP contribution in [0.15, 0.2) is 24.5 Å². The molecule has 0 radical (unpaired) electrons. The van der Waals surface area contributed by atoms with Gasteiger partial charge in [-0.15, -0.1) is 0 Å². The minimum absolute atomic E-state index is 0.0110. The van der Waals surface area contributed by atoms with Crippen LogP contribution in [-0.2, 0) is 5.60 Å². The standard InChI is InChI=1S/C20H32N4O2/c1-16(2)18(23-10-3-4-11-23)15-22-19(25)24-12-7-20(26,8-13-24)17-6-5-9-21-14-17/h5-6,9,14,16,18,26H,3-4,7-8,10-13,15H2,1-2H3,(H,22,25)/t18-/m1/s1. The number of hydrogen-bond donors (Lipinski definition) is 2. The van der Waals surface area contributed by atoms with Crippen LogP contribution in [0.2, 0.25) is 0 Å². The summed E-state index contributed by atoms with van der Waals surface area (Å²) in [7, 11) is 0. The third kappa shape index (κ3) is 4.35. The Kier molecular flexibility index (Phi) is 6.14. The number of amides is 2. The lowest BCUT2D eigenvalue weighted by atomic mass is 9.85. The Morgan fingerprint density at radius 3 is 2.54 bits per heavy atom. The summed E-state index contributed by atoms with van der Waals surface area (Å²) in [6.07, 6.45) is 7.05. The highest BCUT2D eigenvalue weighted by atomic mass is 16.3. The lowest BCUT2D eigenvalue weighted by Gasteiger charge is -2.39. The van der Waals surface area contributed by atoms with Gasteiger partial charge in [0.2, 0.25) is 0 Å². The van der Waals surface area contributed by atoms with Crippen molar-refractivity contribution < 1.29 is 9.90 Å². The third-order valence-electron chi connectivity index (χ3n) is 5.92. The molecule has 2 aliphatic heterocycles. The molecule has 1 atom stereocenters. The van der Waals surface area contributed by atoms with E-state index >= 15 is 0 Å². The van der Waals surface area contributed by atoms with Crippen LogP contribution in [0.1, 0.15) is 45.1 Å². The quantitative estimate of drug-likeness (QED) is 0.845. The number of aromatic nitrogens is 1. The summed E-state index contributed by atoms with van der Waals surface area (Å²) < 4.78 is 0. The van der Waals surface area contributed by atoms with Crippen molar-refractivity contribution in [1.29, 1.82) is 0 Å². The summed E-state index contributed by atoms with van der Waals surface area (Å²) in [5.74, 6) is 0.519. The number of nitrogens with zero attached hydrogens (tertiary/aromatic N) is 3. The minimum atomic E-state index is -0.874. The zero-order valence-electron chi connectivity index (χ0n) is 16.0. The summed E-state index contributed by atoms with van der Waals surface area (Å²) in [5.41, 5.74) is -0.0323. The summed E-state index contributed by atoms with van der Waals surface area (Å²) >= 11 is 0. The molecule has 0 aliphatic carbocycles. The smallest absolute Gasteiger partial charge is 0.317 e. The minimum Gasteiger partial charge on any atom is -0.385 e. The molecule has 1 aromatic rings. The molecule has 3 rings (SSSR count). The molecule has 1 aromatic heterocycles. The van der Waals surface area contributed by atoms with Gasteiger partial charge in [-0.25, -0.2) is 4.79 Å². The average molecular weight is 361 g/mol. The van der Waals surface area contributed by atoms with Crippen molar-refractivity contribution in [3.63, 3.8) is 0 Å². The number of nitrogens with one attached hydrogen (secondary N) is 1. The van der Waals surface area contributed by atoms with Gasteiger partial charge in [0.1, 0.15) is 0 Å². The monoisotopic (exact) mass is 360 g/mol. The van der Waals surface area contributed by atoms with Crippen LogP contribution >= 0.6 is 0 Å². The van der Waals surface area contributed by atoms with Crippen LogP contribution in [0.4, 0.5) is 4.79 Å². The largest absolute Gasteiger partial charge is 0.385 e. The molecule has 0 unspecified atom stereocenters. The molecule has 0 bridgehead atoms. The van der Waals surface area contributed by atoms with E-state index in [1.54, 1.807) is 12.4 Å². The van der Waals surface area contributed by atoms with Gasteiger partial charge in [-0.1, -0.05) is 19.9 Å². The first-order valence-electron chi connectivity index (χ1n) is 9.89. The molecule has 3 heterocycles. The van der Waals surface area contributed by atoms with E-state index in [4.69, 9.17) is 0 Å². The second-order valence-electron chi connectivity index (χ2n) is 8.00. The first-order chi connectivity index (χ1) is 12.5. The number of carbonyl (C=O) groups excluding carboxylic acids is 1. The second-order valence-corrected chi connectivity index (χ2v) is 8.00. The first kappa shape index (κ1) is 19.1. The highest BCUT2D eigenvalue weighted by Crippen LogP contribution is 2.32. The summed E-state index contributed by atoms with van der Waals surface area (Å²) in [5, 5.41) is 14.0. The normalized spacial score (nSPS) is 21.8. The van der Waals surface area contributed by atoms with Crippen LogP contribution in [0, 0.1) is 5.92 Å². The topological polar surface area (TPSA) is 68.7 Å². The Balaban J connectivity index is 1.50. The Morgan fingerprint density at radius 2 is 1.96 bits per heavy atom. The van der Waals surface area contributed by atoms with Crippen molar-refractivity contribution in [2.45, 2.75) is 51.2 Å². The Bertz CT molecular complexity index is 579. The second kappa shape index (κ2) is 8.35. The molecule has 0 aromatic carbocycles. The van der Waals surface area contributed by atoms with Gasteiger partial charge in [0.05, 0.1) is 5.60 Å². The zero-order valence-corrected chi connectivity index (χ0v) is 16.0. The molecule has 144 valence electrons. The van der Waals surface area contributed by atoms with Crippen molar-refractivity contribution in [2.24, 2.45) is 5.92 Å². The van der Waals surface area contributed by atoms with Gasteiger partial charge in [-0.3, -0.25) is 9.88 Å². The van der Waals surface area contributed by atoms with Crippen molar-refractivity contribution in [3.8, 4) is 0 Å². The molecular formula is C20H32N4O2. The molecule has 6 nitrogen and oxygen atoms in total. The van der Waals surface area contributed by atoms with Crippen molar-refractivity contribution in [1.82, 2.24) is 20.1 Å². The number of urea groups is 1. The van der Waals surface area contributed by atoms with Gasteiger partial charge in [0, 0.05) is 43.6 Å². The molecule has 2 N–H and O–H groups in total. The maximum absolute atomic E-state index is 12.6. The SMILES string of the molecule is CC(C)[C@@H](CNC(=O)N1CCC(O)(c2cccnc2)CC1)N1CCCC1. The lowest BCUT2D eigenvalue weighted by molar-refractivity contribution is -0.0172. The first-order valence-corrected chi connectivity index (χ1v) is 9.89. The predicted molar refractivity (Wildman–Crippen MR) is 102 cm³/mol. The molecule has 2 aliphatic rings. The van der Waals surface area contributed by atoms with E-state index in [1.165, 1.54) is 12.8 Å². The van der Waals surface area contributed by atoms with Gasteiger partial charge in [-0.2, -0.15) is 0 Å². The van der Waals surface area contributed by atoms with E-state index in [2.05, 4.69) is 29.0 Å². The van der Waals surface area contributed by atoms with Gasteiger partial charge in [0.25, 0.3) is 0 Å². The average Bonchev–Trinajstić information content (AvgIpc) is 3.17. The van der Waals surface area contributed by atoms with Gasteiger partial charge >= 0.3 is 6.03 Å². The van der Waals surface area contributed by atoms with Crippen molar-refractivity contribution in [3.05, 3.63) is 30.1 Å². The van der Waals surface area contributed by atoms with Crippen LogP contribution in [-0.4, -0.2) is 64.7 Å². The lowest BCUT2D eigenvalue weighted by Crippen LogP contribution is -2.52. The number of pyridine rings is 1. The molecular weight excluding hydrogens is 328 g/mol. The number of likely N-dealkylation sites (tertiary alicyclic amines) is 2. The maximum Gasteiger partial charge on any atom is 0.317 e. The van der Waals surface area contributed by atoms with E-state index in [0.29, 0.717) is 44.4 Å². The Labute approximate surface area is 156 Å². The molecule has 2 saturated heterocycles. The van der Waals surface area contributed by atoms with E-state index in [9.17, 15) is 9.90 Å². The number of piperidine rings is 1. The highest BCUT2D eigenvalue weighted by molar-refractivity contribution is 5.74. The molecule has 26 heavy (non-hydrogen) atoms. The number of hydrogen-bond acceptors (Lipinski definition) is 4. The van der Waals surface area contributed by atoms with Crippen LogP contribution in [0.3, 0.4) is 0 Å². The number of carbonyl (C=O) groups is 1. The van der Waals surface area contributed by atoms with E-state index in [-0.39, 0.29) is 6.03 Å². The van der Waals surface area contributed by atoms with Crippen molar-refractivity contribution >= 4 is 6.03 Å². The zero-order chi connectivity index (χ0) is 18.6. The van der Waals surface area contributed by atoms with Gasteiger partial charge in [-0.05, 0) is 50.8 Å². The molecule has 0 saturated carbocycles. The van der Waals surface area contributed by atoms with E-state index in [1.807, 2.05) is 17.0 Å². The van der Waals surface area contributed by atoms with E-state index in [0.717, 1.165) is 18.7 Å². The summed E-state index contributed by atoms with van der Waals surface area (Å²) in [6, 6.07) is 4.14. The summed E-state index contributed by atoms with van der Waals surface area (Å²) in [4.78, 5) is 21.0. The number of rotatable bonds is 5.